The summed E-state index contributed by atoms with van der Waals surface area (Å²) in [5, 5.41) is 23.1. The summed E-state index contributed by atoms with van der Waals surface area (Å²) in [6, 6.07) is 4.65. The van der Waals surface area contributed by atoms with E-state index in [2.05, 4.69) is 5.32 Å². The Morgan fingerprint density at radius 3 is 2.78 bits per heavy atom. The number of nitrogens with one attached hydrogen (secondary N) is 1. The van der Waals surface area contributed by atoms with Crippen molar-refractivity contribution in [2.45, 2.75) is 18.2 Å². The van der Waals surface area contributed by atoms with Crippen LogP contribution in [0.4, 0.5) is 17.1 Å². The van der Waals surface area contributed by atoms with E-state index in [0.29, 0.717) is 5.69 Å². The van der Waals surface area contributed by atoms with Gasteiger partial charge in [-0.05, 0) is 25.3 Å². The molecule has 1 aromatic rings. The Balaban J connectivity index is 2.97. The molecule has 0 aliphatic rings. The van der Waals surface area contributed by atoms with E-state index in [1.54, 1.807) is 12.1 Å². The standard InChI is InChI=1S/C11H17N3O3S/c1-7(10(6-15)18-2)13-9-5-3-4-8(12)11(9)14(16)17/h3-5,7,10,13,15H,6,12H2,1-2H3. The lowest BCUT2D eigenvalue weighted by Gasteiger charge is -2.22. The van der Waals surface area contributed by atoms with Gasteiger partial charge in [0.1, 0.15) is 11.4 Å². The third kappa shape index (κ3) is 3.27. The van der Waals surface area contributed by atoms with Crippen molar-refractivity contribution in [3.63, 3.8) is 0 Å². The molecule has 0 fully saturated rings. The van der Waals surface area contributed by atoms with Gasteiger partial charge in [-0.3, -0.25) is 10.1 Å². The Morgan fingerprint density at radius 2 is 2.28 bits per heavy atom. The maximum atomic E-state index is 11.0. The molecule has 0 aromatic heterocycles. The topological polar surface area (TPSA) is 101 Å². The molecule has 2 atom stereocenters. The minimum Gasteiger partial charge on any atom is -0.395 e. The summed E-state index contributed by atoms with van der Waals surface area (Å²) in [5.74, 6) is 0. The molecule has 0 aliphatic carbocycles. The van der Waals surface area contributed by atoms with E-state index in [1.807, 2.05) is 13.2 Å². The molecular weight excluding hydrogens is 254 g/mol. The number of aliphatic hydroxyl groups is 1. The van der Waals surface area contributed by atoms with Crippen molar-refractivity contribution in [1.82, 2.24) is 0 Å². The Morgan fingerprint density at radius 1 is 1.61 bits per heavy atom. The summed E-state index contributed by atoms with van der Waals surface area (Å²) in [5.41, 5.74) is 5.98. The average Bonchev–Trinajstić information content (AvgIpc) is 2.30. The van der Waals surface area contributed by atoms with Gasteiger partial charge in [0.25, 0.3) is 0 Å². The van der Waals surface area contributed by atoms with E-state index in [0.717, 1.165) is 0 Å². The number of thioether (sulfide) groups is 1. The number of nitrogens with two attached hydrogens (primary N) is 1. The van der Waals surface area contributed by atoms with Crippen LogP contribution >= 0.6 is 11.8 Å². The SMILES string of the molecule is CSC(CO)C(C)Nc1cccc(N)c1[N+](=O)[O-]. The minimum atomic E-state index is -0.503. The number of rotatable bonds is 6. The molecule has 7 heteroatoms. The molecule has 0 spiro atoms. The van der Waals surface area contributed by atoms with Crippen LogP contribution in [0.2, 0.25) is 0 Å². The van der Waals surface area contributed by atoms with Crippen molar-refractivity contribution in [1.29, 1.82) is 0 Å². The van der Waals surface area contributed by atoms with E-state index in [4.69, 9.17) is 5.73 Å². The van der Waals surface area contributed by atoms with E-state index < -0.39 is 4.92 Å². The molecular formula is C11H17N3O3S. The number of aliphatic hydroxyl groups excluding tert-OH is 1. The molecule has 0 saturated carbocycles. The minimum absolute atomic E-state index is 0.00540. The maximum absolute atomic E-state index is 11.0. The van der Waals surface area contributed by atoms with Crippen LogP contribution < -0.4 is 11.1 Å². The van der Waals surface area contributed by atoms with E-state index in [9.17, 15) is 15.2 Å². The second kappa shape index (κ2) is 6.46. The van der Waals surface area contributed by atoms with Gasteiger partial charge in [-0.2, -0.15) is 11.8 Å². The zero-order valence-corrected chi connectivity index (χ0v) is 11.1. The first-order valence-electron chi connectivity index (χ1n) is 5.44. The number of nitro groups is 1. The van der Waals surface area contributed by atoms with Crippen LogP contribution in [0.1, 0.15) is 6.92 Å². The Bertz CT molecular complexity index is 424. The third-order valence-corrected chi connectivity index (χ3v) is 3.84. The van der Waals surface area contributed by atoms with Gasteiger partial charge in [0.15, 0.2) is 0 Å². The first-order valence-corrected chi connectivity index (χ1v) is 6.73. The lowest BCUT2D eigenvalue weighted by atomic mass is 10.2. The molecule has 0 bridgehead atoms. The molecule has 0 saturated heterocycles. The van der Waals surface area contributed by atoms with Crippen LogP contribution in [-0.4, -0.2) is 34.2 Å². The van der Waals surface area contributed by atoms with Crippen LogP contribution in [0.5, 0.6) is 0 Å². The second-order valence-corrected chi connectivity index (χ2v) is 4.97. The van der Waals surface area contributed by atoms with Crippen LogP contribution in [0, 0.1) is 10.1 Å². The summed E-state index contributed by atoms with van der Waals surface area (Å²) in [7, 11) is 0. The highest BCUT2D eigenvalue weighted by Gasteiger charge is 2.22. The smallest absolute Gasteiger partial charge is 0.314 e. The largest absolute Gasteiger partial charge is 0.395 e. The molecule has 4 N–H and O–H groups in total. The molecule has 1 aromatic carbocycles. The van der Waals surface area contributed by atoms with Crippen molar-refractivity contribution in [2.24, 2.45) is 0 Å². The van der Waals surface area contributed by atoms with Gasteiger partial charge in [0, 0.05) is 11.3 Å². The molecule has 100 valence electrons. The summed E-state index contributed by atoms with van der Waals surface area (Å²) in [4.78, 5) is 10.5. The van der Waals surface area contributed by atoms with Crippen LogP contribution in [0.25, 0.3) is 0 Å². The van der Waals surface area contributed by atoms with Gasteiger partial charge in [0.05, 0.1) is 11.5 Å². The quantitative estimate of drug-likeness (QED) is 0.413. The number of nitrogens with zero attached hydrogens (tertiary/aromatic N) is 1. The zero-order chi connectivity index (χ0) is 13.7. The van der Waals surface area contributed by atoms with Crippen molar-refractivity contribution >= 4 is 28.8 Å². The number of nitrogen functional groups attached to an aromatic ring is 1. The molecule has 0 radical (unpaired) electrons. The number of anilines is 2. The fourth-order valence-corrected chi connectivity index (χ4v) is 2.28. The Hall–Kier alpha value is -1.47. The predicted octanol–water partition coefficient (Wildman–Crippen LogP) is 1.70. The van der Waals surface area contributed by atoms with E-state index in [-0.39, 0.29) is 29.3 Å². The van der Waals surface area contributed by atoms with Crippen molar-refractivity contribution in [2.75, 3.05) is 23.9 Å². The van der Waals surface area contributed by atoms with Crippen molar-refractivity contribution in [3.8, 4) is 0 Å². The third-order valence-electron chi connectivity index (χ3n) is 2.67. The predicted molar refractivity (Wildman–Crippen MR) is 75.0 cm³/mol. The van der Waals surface area contributed by atoms with E-state index in [1.165, 1.54) is 17.8 Å². The molecule has 18 heavy (non-hydrogen) atoms. The molecule has 0 aliphatic heterocycles. The van der Waals surface area contributed by atoms with Crippen LogP contribution in [-0.2, 0) is 0 Å². The maximum Gasteiger partial charge on any atom is 0.314 e. The first kappa shape index (κ1) is 14.6. The highest BCUT2D eigenvalue weighted by atomic mass is 32.2. The van der Waals surface area contributed by atoms with Gasteiger partial charge in [0.2, 0.25) is 0 Å². The van der Waals surface area contributed by atoms with Gasteiger partial charge < -0.3 is 16.2 Å². The molecule has 6 nitrogen and oxygen atoms in total. The van der Waals surface area contributed by atoms with E-state index >= 15 is 0 Å². The number of para-hydroxylation sites is 1. The molecule has 0 heterocycles. The highest BCUT2D eigenvalue weighted by Crippen LogP contribution is 2.31. The number of hydrogen-bond acceptors (Lipinski definition) is 6. The Labute approximate surface area is 110 Å². The van der Waals surface area contributed by atoms with Crippen molar-refractivity contribution < 1.29 is 10.0 Å². The fraction of sp³-hybridized carbons (Fsp3) is 0.455. The number of benzene rings is 1. The fourth-order valence-electron chi connectivity index (χ4n) is 1.66. The first-order chi connectivity index (χ1) is 8.51. The zero-order valence-electron chi connectivity index (χ0n) is 10.3. The normalized spacial score (nSPS) is 13.9. The molecule has 0 amide bonds. The second-order valence-electron chi connectivity index (χ2n) is 3.89. The van der Waals surface area contributed by atoms with Gasteiger partial charge in [-0.25, -0.2) is 0 Å². The van der Waals surface area contributed by atoms with Gasteiger partial charge >= 0.3 is 5.69 Å². The average molecular weight is 271 g/mol. The summed E-state index contributed by atoms with van der Waals surface area (Å²) >= 11 is 1.50. The monoisotopic (exact) mass is 271 g/mol. The molecule has 2 unspecified atom stereocenters. The highest BCUT2D eigenvalue weighted by molar-refractivity contribution is 7.99. The van der Waals surface area contributed by atoms with Gasteiger partial charge in [-0.1, -0.05) is 6.07 Å². The van der Waals surface area contributed by atoms with Crippen molar-refractivity contribution in [3.05, 3.63) is 28.3 Å². The summed E-state index contributed by atoms with van der Waals surface area (Å²) in [6.07, 6.45) is 1.88. The van der Waals surface area contributed by atoms with Crippen LogP contribution in [0.15, 0.2) is 18.2 Å². The van der Waals surface area contributed by atoms with Crippen LogP contribution in [0.3, 0.4) is 0 Å². The summed E-state index contributed by atoms with van der Waals surface area (Å²) in [6.45, 7) is 1.87. The lowest BCUT2D eigenvalue weighted by molar-refractivity contribution is -0.383. The summed E-state index contributed by atoms with van der Waals surface area (Å²) < 4.78 is 0. The van der Waals surface area contributed by atoms with Gasteiger partial charge in [-0.15, -0.1) is 0 Å². The number of hydrogen-bond donors (Lipinski definition) is 3. The molecule has 1 rings (SSSR count). The number of nitro benzene ring substituents is 1. The Kier molecular flexibility index (Phi) is 5.24. The lowest BCUT2D eigenvalue weighted by Crippen LogP contribution is -2.31.